The second-order valence-electron chi connectivity index (χ2n) is 9.35. The zero-order valence-electron chi connectivity index (χ0n) is 20.7. The maximum absolute atomic E-state index is 4.69. The molecule has 4 aromatic carbocycles. The van der Waals surface area contributed by atoms with Crippen molar-refractivity contribution in [3.8, 4) is 22.8 Å². The molecule has 4 heterocycles. The van der Waals surface area contributed by atoms with Crippen LogP contribution in [0.4, 0.5) is 0 Å². The number of para-hydroxylation sites is 2. The molecule has 0 saturated heterocycles. The van der Waals surface area contributed by atoms with Crippen LogP contribution in [-0.2, 0) is 21.1 Å². The maximum Gasteiger partial charge on any atom is 2.00 e. The molecule has 0 aliphatic carbocycles. The molecule has 0 radical (unpaired) electrons. The van der Waals surface area contributed by atoms with E-state index in [9.17, 15) is 0 Å². The first-order chi connectivity index (χ1) is 18.9. The van der Waals surface area contributed by atoms with E-state index in [2.05, 4.69) is 99.0 Å². The van der Waals surface area contributed by atoms with Crippen molar-refractivity contribution in [1.29, 1.82) is 0 Å². The zero-order chi connectivity index (χ0) is 25.1. The Kier molecular flexibility index (Phi) is 5.64. The minimum atomic E-state index is 0. The normalized spacial score (nSPS) is 11.4. The van der Waals surface area contributed by atoms with Gasteiger partial charge in [-0.05, 0) is 52.5 Å². The van der Waals surface area contributed by atoms with Crippen LogP contribution in [0, 0.1) is 12.1 Å². The number of hydrogen-bond acceptors (Lipinski definition) is 2. The van der Waals surface area contributed by atoms with Gasteiger partial charge in [-0.1, -0.05) is 65.6 Å². The fourth-order valence-corrected chi connectivity index (χ4v) is 5.56. The number of hydrogen-bond donors (Lipinski definition) is 0. The van der Waals surface area contributed by atoms with Gasteiger partial charge >= 0.3 is 21.1 Å². The summed E-state index contributed by atoms with van der Waals surface area (Å²) in [5.74, 6) is 0.876. The Labute approximate surface area is 239 Å². The van der Waals surface area contributed by atoms with E-state index in [-0.39, 0.29) is 21.1 Å². The molecule has 4 aromatic heterocycles. The molecule has 0 saturated carbocycles. The first-order valence-corrected chi connectivity index (χ1v) is 12.6. The Hall–Kier alpha value is -4.53. The Balaban J connectivity index is 0.00000253. The molecule has 39 heavy (non-hydrogen) atoms. The number of fused-ring (bicyclic) bond motifs is 6. The van der Waals surface area contributed by atoms with Gasteiger partial charge in [0, 0.05) is 23.4 Å². The van der Waals surface area contributed by atoms with Gasteiger partial charge in [-0.25, -0.2) is 4.98 Å². The minimum Gasteiger partial charge on any atom is -0.352 e. The Bertz CT molecular complexity index is 2130. The van der Waals surface area contributed by atoms with Gasteiger partial charge in [-0.3, -0.25) is 0 Å². The summed E-state index contributed by atoms with van der Waals surface area (Å²) < 4.78 is 4.47. The number of benzene rings is 4. The van der Waals surface area contributed by atoms with Crippen LogP contribution in [-0.4, -0.2) is 19.1 Å². The van der Waals surface area contributed by atoms with Crippen molar-refractivity contribution in [2.75, 3.05) is 0 Å². The molecule has 0 aliphatic heterocycles. The molecule has 0 spiro atoms. The molecule has 0 N–H and O–H groups in total. The van der Waals surface area contributed by atoms with Crippen LogP contribution >= 0.6 is 0 Å². The summed E-state index contributed by atoms with van der Waals surface area (Å²) in [6.07, 6.45) is 3.65. The number of pyridine rings is 2. The predicted octanol–water partition coefficient (Wildman–Crippen LogP) is 7.94. The summed E-state index contributed by atoms with van der Waals surface area (Å²) in [6.45, 7) is 0. The molecule has 0 amide bonds. The first kappa shape index (κ1) is 23.6. The molecule has 8 aromatic rings. The SMILES string of the molecule is [Pt+2].[c-]1c(-c2ccccn2)cccc1-n1c2[c-]c3c(cc2c2ccccc21)c1ccccc1n3-c1ccccn1. The van der Waals surface area contributed by atoms with Gasteiger partial charge in [0.1, 0.15) is 5.82 Å². The number of rotatable bonds is 3. The second-order valence-corrected chi connectivity index (χ2v) is 9.35. The van der Waals surface area contributed by atoms with Gasteiger partial charge < -0.3 is 14.1 Å². The van der Waals surface area contributed by atoms with E-state index in [1.54, 1.807) is 0 Å². The van der Waals surface area contributed by atoms with E-state index in [1.807, 2.05) is 48.8 Å². The van der Waals surface area contributed by atoms with Crippen LogP contribution in [0.2, 0.25) is 0 Å². The number of aromatic nitrogens is 4. The van der Waals surface area contributed by atoms with Gasteiger partial charge in [0.05, 0.1) is 0 Å². The molecule has 0 aliphatic rings. The summed E-state index contributed by atoms with van der Waals surface area (Å²) in [5, 5.41) is 4.69. The minimum absolute atomic E-state index is 0. The molecular formula is C34H20N4Pt. The van der Waals surface area contributed by atoms with E-state index >= 15 is 0 Å². The Morgan fingerprint density at radius 2 is 1.15 bits per heavy atom. The van der Waals surface area contributed by atoms with Crippen molar-refractivity contribution in [3.63, 3.8) is 0 Å². The average molecular weight is 680 g/mol. The topological polar surface area (TPSA) is 35.6 Å². The molecule has 4 nitrogen and oxygen atoms in total. The zero-order valence-corrected chi connectivity index (χ0v) is 22.9. The summed E-state index contributed by atoms with van der Waals surface area (Å²) in [5.41, 5.74) is 7.06. The van der Waals surface area contributed by atoms with E-state index in [1.165, 1.54) is 10.8 Å². The standard InChI is InChI=1S/C34H20N4.Pt/c1-3-15-30-25(12-1)27-21-28-26-13-2-4-16-31(26)38(34-17-6-8-19-36-34)33(28)22-32(27)37(30)24-11-9-10-23(20-24)29-14-5-7-18-35-29;/h1-19,21H;/q-2;+2. The Morgan fingerprint density at radius 3 is 1.85 bits per heavy atom. The summed E-state index contributed by atoms with van der Waals surface area (Å²) >= 11 is 0. The van der Waals surface area contributed by atoms with Crippen LogP contribution in [0.5, 0.6) is 0 Å². The van der Waals surface area contributed by atoms with Crippen molar-refractivity contribution in [3.05, 3.63) is 134 Å². The van der Waals surface area contributed by atoms with Crippen molar-refractivity contribution in [1.82, 2.24) is 19.1 Å². The summed E-state index contributed by atoms with van der Waals surface area (Å²) in [7, 11) is 0. The van der Waals surface area contributed by atoms with Gasteiger partial charge in [0.2, 0.25) is 0 Å². The van der Waals surface area contributed by atoms with Crippen molar-refractivity contribution < 1.29 is 21.1 Å². The van der Waals surface area contributed by atoms with Crippen LogP contribution in [0.3, 0.4) is 0 Å². The van der Waals surface area contributed by atoms with Crippen LogP contribution in [0.1, 0.15) is 0 Å². The van der Waals surface area contributed by atoms with Gasteiger partial charge in [-0.2, -0.15) is 6.07 Å². The number of nitrogens with zero attached hydrogens (tertiary/aromatic N) is 4. The fraction of sp³-hybridized carbons (Fsp3) is 0. The molecule has 0 atom stereocenters. The molecule has 186 valence electrons. The van der Waals surface area contributed by atoms with Crippen molar-refractivity contribution in [2.45, 2.75) is 0 Å². The molecular weight excluding hydrogens is 659 g/mol. The average Bonchev–Trinajstić information content (AvgIpc) is 3.49. The van der Waals surface area contributed by atoms with Gasteiger partial charge in [0.15, 0.2) is 0 Å². The molecule has 5 heteroatoms. The molecule has 0 fully saturated rings. The quantitative estimate of drug-likeness (QED) is 0.178. The third-order valence-electron chi connectivity index (χ3n) is 7.19. The van der Waals surface area contributed by atoms with Crippen molar-refractivity contribution in [2.24, 2.45) is 0 Å². The molecule has 0 unspecified atom stereocenters. The fourth-order valence-electron chi connectivity index (χ4n) is 5.56. The van der Waals surface area contributed by atoms with Gasteiger partial charge in [0.25, 0.3) is 0 Å². The smallest absolute Gasteiger partial charge is 0.352 e. The van der Waals surface area contributed by atoms with Crippen LogP contribution in [0.15, 0.2) is 122 Å². The molecule has 0 bridgehead atoms. The van der Waals surface area contributed by atoms with E-state index < -0.39 is 0 Å². The Morgan fingerprint density at radius 1 is 0.513 bits per heavy atom. The third kappa shape index (κ3) is 3.64. The predicted molar refractivity (Wildman–Crippen MR) is 154 cm³/mol. The van der Waals surface area contributed by atoms with E-state index in [0.717, 1.165) is 55.6 Å². The maximum atomic E-state index is 4.69. The second kappa shape index (κ2) is 9.34. The van der Waals surface area contributed by atoms with E-state index in [0.29, 0.717) is 0 Å². The monoisotopic (exact) mass is 679 g/mol. The van der Waals surface area contributed by atoms with Crippen molar-refractivity contribution >= 4 is 43.6 Å². The first-order valence-electron chi connectivity index (χ1n) is 12.6. The summed E-state index contributed by atoms with van der Waals surface area (Å²) in [6, 6.07) is 45.0. The summed E-state index contributed by atoms with van der Waals surface area (Å²) in [4.78, 5) is 9.24. The van der Waals surface area contributed by atoms with Crippen LogP contribution in [0.25, 0.3) is 66.4 Å². The van der Waals surface area contributed by atoms with E-state index in [4.69, 9.17) is 4.98 Å². The largest absolute Gasteiger partial charge is 2.00 e. The molecule has 8 rings (SSSR count). The van der Waals surface area contributed by atoms with Gasteiger partial charge in [-0.15, -0.1) is 46.7 Å². The third-order valence-corrected chi connectivity index (χ3v) is 7.19. The van der Waals surface area contributed by atoms with Crippen LogP contribution < -0.4 is 0 Å².